The first-order valence-electron chi connectivity index (χ1n) is 6.58. The molecule has 2 aromatic rings. The highest BCUT2D eigenvalue weighted by Crippen LogP contribution is 2.29. The average molecular weight is 311 g/mol. The third-order valence-electron chi connectivity index (χ3n) is 2.75. The molecule has 108 valence electrons. The molecule has 0 amide bonds. The van der Waals surface area contributed by atoms with E-state index in [9.17, 15) is 0 Å². The van der Waals surface area contributed by atoms with Gasteiger partial charge in [0.25, 0.3) is 0 Å². The molecule has 1 aromatic heterocycles. The number of nitrogens with zero attached hydrogens (tertiary/aromatic N) is 1. The zero-order valence-electron chi connectivity index (χ0n) is 12.2. The molecule has 1 N–H and O–H groups in total. The summed E-state index contributed by atoms with van der Waals surface area (Å²) in [4.78, 5) is 5.67. The molecule has 5 heteroatoms. The lowest BCUT2D eigenvalue weighted by Gasteiger charge is -2.13. The van der Waals surface area contributed by atoms with Crippen molar-refractivity contribution in [1.82, 2.24) is 4.98 Å². The molecular formula is C15H19ClN2OS. The van der Waals surface area contributed by atoms with Crippen LogP contribution in [0.4, 0.5) is 5.69 Å². The van der Waals surface area contributed by atoms with Crippen LogP contribution in [0.3, 0.4) is 0 Å². The monoisotopic (exact) mass is 310 g/mol. The summed E-state index contributed by atoms with van der Waals surface area (Å²) in [5, 5.41) is 5.09. The molecule has 0 spiro atoms. The lowest BCUT2D eigenvalue weighted by atomic mass is 10.3. The maximum atomic E-state index is 6.22. The van der Waals surface area contributed by atoms with Crippen LogP contribution in [0.5, 0.6) is 5.75 Å². The van der Waals surface area contributed by atoms with E-state index in [0.29, 0.717) is 5.02 Å². The zero-order valence-corrected chi connectivity index (χ0v) is 13.7. The molecule has 0 bridgehead atoms. The Morgan fingerprint density at radius 3 is 2.65 bits per heavy atom. The minimum absolute atomic E-state index is 0.120. The van der Waals surface area contributed by atoms with Crippen LogP contribution in [0.2, 0.25) is 5.02 Å². The Bertz CT molecular complexity index is 596. The topological polar surface area (TPSA) is 34.2 Å². The summed E-state index contributed by atoms with van der Waals surface area (Å²) in [6, 6.07) is 5.77. The first-order chi connectivity index (χ1) is 9.45. The van der Waals surface area contributed by atoms with Crippen LogP contribution < -0.4 is 10.1 Å². The Balaban J connectivity index is 2.03. The van der Waals surface area contributed by atoms with Gasteiger partial charge in [-0.1, -0.05) is 11.6 Å². The number of halogens is 1. The van der Waals surface area contributed by atoms with Crippen molar-refractivity contribution < 1.29 is 4.74 Å². The van der Waals surface area contributed by atoms with Crippen LogP contribution in [0.25, 0.3) is 0 Å². The Kier molecular flexibility index (Phi) is 4.89. The summed E-state index contributed by atoms with van der Waals surface area (Å²) in [6.45, 7) is 8.79. The standard InChI is InChI=1S/C15H19ClN2OS/c1-9(2)19-14-6-5-12(7-13(14)16)17-8-15-10(3)18-11(4)20-15/h5-7,9,17H,8H2,1-4H3. The highest BCUT2D eigenvalue weighted by molar-refractivity contribution is 7.11. The molecule has 1 heterocycles. The van der Waals surface area contributed by atoms with E-state index < -0.39 is 0 Å². The van der Waals surface area contributed by atoms with Crippen LogP contribution in [0.15, 0.2) is 18.2 Å². The van der Waals surface area contributed by atoms with Gasteiger partial charge in [-0.05, 0) is 45.9 Å². The van der Waals surface area contributed by atoms with Crippen LogP contribution in [0.1, 0.15) is 29.4 Å². The Labute approximate surface area is 129 Å². The van der Waals surface area contributed by atoms with Gasteiger partial charge in [-0.15, -0.1) is 11.3 Å². The predicted octanol–water partition coefficient (Wildman–Crippen LogP) is 4.81. The van der Waals surface area contributed by atoms with E-state index in [1.807, 2.05) is 45.9 Å². The predicted molar refractivity (Wildman–Crippen MR) is 86.1 cm³/mol. The van der Waals surface area contributed by atoms with Crippen molar-refractivity contribution >= 4 is 28.6 Å². The average Bonchev–Trinajstić information content (AvgIpc) is 2.68. The van der Waals surface area contributed by atoms with Gasteiger partial charge in [0.1, 0.15) is 5.75 Å². The van der Waals surface area contributed by atoms with Crippen molar-refractivity contribution in [1.29, 1.82) is 0 Å². The fraction of sp³-hybridized carbons (Fsp3) is 0.400. The third kappa shape index (κ3) is 3.87. The maximum Gasteiger partial charge on any atom is 0.138 e. The normalized spacial score (nSPS) is 10.9. The Hall–Kier alpha value is -1.26. The zero-order chi connectivity index (χ0) is 14.7. The second kappa shape index (κ2) is 6.46. The van der Waals surface area contributed by atoms with Crippen molar-refractivity contribution in [2.75, 3.05) is 5.32 Å². The molecule has 0 atom stereocenters. The van der Waals surface area contributed by atoms with Gasteiger partial charge in [0.2, 0.25) is 0 Å². The summed E-state index contributed by atoms with van der Waals surface area (Å²) < 4.78 is 5.62. The van der Waals surface area contributed by atoms with E-state index >= 15 is 0 Å². The number of thiazole rings is 1. The molecule has 0 unspecified atom stereocenters. The first kappa shape index (κ1) is 15.1. The lowest BCUT2D eigenvalue weighted by Crippen LogP contribution is -2.06. The quantitative estimate of drug-likeness (QED) is 0.860. The summed E-state index contributed by atoms with van der Waals surface area (Å²) in [7, 11) is 0. The molecule has 0 saturated carbocycles. The van der Waals surface area contributed by atoms with Crippen molar-refractivity contribution in [3.05, 3.63) is 38.8 Å². The smallest absolute Gasteiger partial charge is 0.138 e. The van der Waals surface area contributed by atoms with E-state index in [0.717, 1.165) is 28.7 Å². The molecule has 0 aliphatic heterocycles. The number of ether oxygens (including phenoxy) is 1. The minimum atomic E-state index is 0.120. The van der Waals surface area contributed by atoms with Gasteiger partial charge in [0, 0.05) is 10.6 Å². The molecule has 0 aliphatic rings. The third-order valence-corrected chi connectivity index (χ3v) is 4.12. The number of hydrogen-bond acceptors (Lipinski definition) is 4. The van der Waals surface area contributed by atoms with E-state index in [1.165, 1.54) is 4.88 Å². The van der Waals surface area contributed by atoms with Gasteiger partial charge in [-0.2, -0.15) is 0 Å². The SMILES string of the molecule is Cc1nc(C)c(CNc2ccc(OC(C)C)c(Cl)c2)s1. The number of anilines is 1. The Morgan fingerprint density at radius 1 is 1.35 bits per heavy atom. The fourth-order valence-corrected chi connectivity index (χ4v) is 2.98. The van der Waals surface area contributed by atoms with Gasteiger partial charge in [0.05, 0.1) is 28.4 Å². The second-order valence-corrected chi connectivity index (χ2v) is 6.60. The molecule has 0 saturated heterocycles. The summed E-state index contributed by atoms with van der Waals surface area (Å²) in [5.74, 6) is 0.719. The van der Waals surface area contributed by atoms with E-state index in [2.05, 4.69) is 10.3 Å². The molecule has 3 nitrogen and oxygen atoms in total. The van der Waals surface area contributed by atoms with Crippen LogP contribution in [-0.4, -0.2) is 11.1 Å². The van der Waals surface area contributed by atoms with Crippen LogP contribution in [0, 0.1) is 13.8 Å². The molecule has 20 heavy (non-hydrogen) atoms. The van der Waals surface area contributed by atoms with Gasteiger partial charge < -0.3 is 10.1 Å². The molecule has 0 radical (unpaired) electrons. The molecule has 0 aliphatic carbocycles. The molecule has 2 rings (SSSR count). The molecule has 0 fully saturated rings. The number of aryl methyl sites for hydroxylation is 2. The highest BCUT2D eigenvalue weighted by atomic mass is 35.5. The van der Waals surface area contributed by atoms with E-state index in [4.69, 9.17) is 16.3 Å². The maximum absolute atomic E-state index is 6.22. The van der Waals surface area contributed by atoms with Crippen molar-refractivity contribution in [2.45, 2.75) is 40.3 Å². The number of hydrogen-bond donors (Lipinski definition) is 1. The number of aromatic nitrogens is 1. The van der Waals surface area contributed by atoms with Crippen LogP contribution >= 0.6 is 22.9 Å². The first-order valence-corrected chi connectivity index (χ1v) is 7.78. The summed E-state index contributed by atoms with van der Waals surface area (Å²) in [5.41, 5.74) is 2.07. The summed E-state index contributed by atoms with van der Waals surface area (Å²) >= 11 is 7.93. The van der Waals surface area contributed by atoms with Gasteiger partial charge in [0.15, 0.2) is 0 Å². The Morgan fingerprint density at radius 2 is 2.10 bits per heavy atom. The van der Waals surface area contributed by atoms with Crippen molar-refractivity contribution in [3.63, 3.8) is 0 Å². The van der Waals surface area contributed by atoms with Gasteiger partial charge in [-0.25, -0.2) is 4.98 Å². The van der Waals surface area contributed by atoms with Crippen molar-refractivity contribution in [3.8, 4) is 5.75 Å². The molecule has 1 aromatic carbocycles. The number of rotatable bonds is 5. The van der Waals surface area contributed by atoms with Gasteiger partial charge in [-0.3, -0.25) is 0 Å². The molecular weight excluding hydrogens is 292 g/mol. The van der Waals surface area contributed by atoms with Gasteiger partial charge >= 0.3 is 0 Å². The lowest BCUT2D eigenvalue weighted by molar-refractivity contribution is 0.242. The highest BCUT2D eigenvalue weighted by Gasteiger charge is 2.07. The van der Waals surface area contributed by atoms with E-state index in [1.54, 1.807) is 11.3 Å². The number of nitrogens with one attached hydrogen (secondary N) is 1. The minimum Gasteiger partial charge on any atom is -0.489 e. The largest absolute Gasteiger partial charge is 0.489 e. The van der Waals surface area contributed by atoms with Crippen molar-refractivity contribution in [2.24, 2.45) is 0 Å². The summed E-state index contributed by atoms with van der Waals surface area (Å²) in [6.07, 6.45) is 0.120. The second-order valence-electron chi connectivity index (χ2n) is 4.91. The van der Waals surface area contributed by atoms with E-state index in [-0.39, 0.29) is 6.10 Å². The fourth-order valence-electron chi connectivity index (χ4n) is 1.88. The number of benzene rings is 1. The van der Waals surface area contributed by atoms with Crippen LogP contribution in [-0.2, 0) is 6.54 Å².